The van der Waals surface area contributed by atoms with Crippen molar-refractivity contribution in [1.29, 1.82) is 0 Å². The van der Waals surface area contributed by atoms with Crippen LogP contribution < -0.4 is 5.32 Å². The maximum Gasteiger partial charge on any atom is 0.0415 e. The zero-order valence-corrected chi connectivity index (χ0v) is 12.1. The number of hydrogen-bond donors (Lipinski definition) is 1. The lowest BCUT2D eigenvalue weighted by molar-refractivity contribution is 0.402. The molecular formula is C16H23N3. The molecule has 1 aromatic heterocycles. The summed E-state index contributed by atoms with van der Waals surface area (Å²) in [5, 5.41) is 3.48. The van der Waals surface area contributed by atoms with Crippen LogP contribution in [0.1, 0.15) is 18.1 Å². The molecule has 2 aromatic rings. The van der Waals surface area contributed by atoms with E-state index in [2.05, 4.69) is 78.5 Å². The highest BCUT2D eigenvalue weighted by atomic mass is 15.0. The molecular weight excluding hydrogens is 234 g/mol. The molecule has 0 spiro atoms. The maximum absolute atomic E-state index is 3.48. The SMILES string of the molecule is CCn1ccc(CNc2cccc(CN(C)C)c2)c1. The molecule has 1 heterocycles. The van der Waals surface area contributed by atoms with E-state index in [1.165, 1.54) is 16.8 Å². The predicted octanol–water partition coefficient (Wildman–Crippen LogP) is 3.18. The second-order valence-electron chi connectivity index (χ2n) is 5.14. The fourth-order valence-electron chi connectivity index (χ4n) is 2.14. The zero-order valence-electron chi connectivity index (χ0n) is 12.1. The van der Waals surface area contributed by atoms with E-state index >= 15 is 0 Å². The molecule has 0 saturated carbocycles. The van der Waals surface area contributed by atoms with Gasteiger partial charge in [0.2, 0.25) is 0 Å². The third-order valence-electron chi connectivity index (χ3n) is 3.10. The van der Waals surface area contributed by atoms with Crippen molar-refractivity contribution >= 4 is 5.69 Å². The Hall–Kier alpha value is -1.74. The minimum absolute atomic E-state index is 0.873. The summed E-state index contributed by atoms with van der Waals surface area (Å²) in [6, 6.07) is 10.8. The number of nitrogens with one attached hydrogen (secondary N) is 1. The molecule has 0 unspecified atom stereocenters. The van der Waals surface area contributed by atoms with Gasteiger partial charge in [-0.3, -0.25) is 0 Å². The molecule has 0 aliphatic rings. The van der Waals surface area contributed by atoms with Crippen molar-refractivity contribution < 1.29 is 0 Å². The number of rotatable bonds is 6. The van der Waals surface area contributed by atoms with E-state index in [4.69, 9.17) is 0 Å². The minimum Gasteiger partial charge on any atom is -0.381 e. The molecule has 102 valence electrons. The fourth-order valence-corrected chi connectivity index (χ4v) is 2.14. The van der Waals surface area contributed by atoms with Gasteiger partial charge in [0.25, 0.3) is 0 Å². The van der Waals surface area contributed by atoms with Gasteiger partial charge in [0, 0.05) is 37.7 Å². The van der Waals surface area contributed by atoms with Gasteiger partial charge in [0.15, 0.2) is 0 Å². The molecule has 0 bridgehead atoms. The van der Waals surface area contributed by atoms with Crippen molar-refractivity contribution in [3.8, 4) is 0 Å². The van der Waals surface area contributed by atoms with Crippen LogP contribution in [0, 0.1) is 0 Å². The van der Waals surface area contributed by atoms with E-state index in [1.54, 1.807) is 0 Å². The van der Waals surface area contributed by atoms with E-state index in [-0.39, 0.29) is 0 Å². The quantitative estimate of drug-likeness (QED) is 0.857. The van der Waals surface area contributed by atoms with Gasteiger partial charge < -0.3 is 14.8 Å². The van der Waals surface area contributed by atoms with Gasteiger partial charge >= 0.3 is 0 Å². The van der Waals surface area contributed by atoms with E-state index in [0.29, 0.717) is 0 Å². The topological polar surface area (TPSA) is 20.2 Å². The summed E-state index contributed by atoms with van der Waals surface area (Å²) in [4.78, 5) is 2.18. The molecule has 0 radical (unpaired) electrons. The summed E-state index contributed by atoms with van der Waals surface area (Å²) in [7, 11) is 4.18. The van der Waals surface area contributed by atoms with Crippen LogP contribution in [0.15, 0.2) is 42.7 Å². The Labute approximate surface area is 115 Å². The van der Waals surface area contributed by atoms with E-state index in [0.717, 1.165) is 19.6 Å². The highest BCUT2D eigenvalue weighted by Gasteiger charge is 1.99. The zero-order chi connectivity index (χ0) is 13.7. The van der Waals surface area contributed by atoms with Crippen molar-refractivity contribution in [3.05, 3.63) is 53.9 Å². The Kier molecular flexibility index (Phi) is 4.63. The van der Waals surface area contributed by atoms with Gasteiger partial charge in [-0.15, -0.1) is 0 Å². The highest BCUT2D eigenvalue weighted by molar-refractivity contribution is 5.46. The molecule has 0 aliphatic carbocycles. The van der Waals surface area contributed by atoms with Crippen LogP contribution in [0.3, 0.4) is 0 Å². The van der Waals surface area contributed by atoms with Crippen LogP contribution >= 0.6 is 0 Å². The third kappa shape index (κ3) is 4.14. The lowest BCUT2D eigenvalue weighted by Crippen LogP contribution is -2.10. The second-order valence-corrected chi connectivity index (χ2v) is 5.14. The lowest BCUT2D eigenvalue weighted by atomic mass is 10.2. The number of nitrogens with zero attached hydrogens (tertiary/aromatic N) is 2. The molecule has 0 fully saturated rings. The summed E-state index contributed by atoms with van der Waals surface area (Å²) < 4.78 is 2.19. The van der Waals surface area contributed by atoms with Gasteiger partial charge in [0.1, 0.15) is 0 Å². The first-order valence-electron chi connectivity index (χ1n) is 6.79. The van der Waals surface area contributed by atoms with Crippen LogP contribution in [0.4, 0.5) is 5.69 Å². The van der Waals surface area contributed by atoms with Crippen molar-refractivity contribution in [2.75, 3.05) is 19.4 Å². The number of anilines is 1. The fraction of sp³-hybridized carbons (Fsp3) is 0.375. The largest absolute Gasteiger partial charge is 0.381 e. The average molecular weight is 257 g/mol. The molecule has 0 atom stereocenters. The molecule has 0 amide bonds. The summed E-state index contributed by atoms with van der Waals surface area (Å²) in [6.07, 6.45) is 4.32. The Morgan fingerprint density at radius 3 is 2.68 bits per heavy atom. The molecule has 19 heavy (non-hydrogen) atoms. The van der Waals surface area contributed by atoms with Crippen LogP contribution in [-0.4, -0.2) is 23.6 Å². The van der Waals surface area contributed by atoms with Crippen molar-refractivity contribution in [2.45, 2.75) is 26.6 Å². The molecule has 0 saturated heterocycles. The van der Waals surface area contributed by atoms with E-state index < -0.39 is 0 Å². The summed E-state index contributed by atoms with van der Waals surface area (Å²) in [5.41, 5.74) is 3.84. The minimum atomic E-state index is 0.873. The van der Waals surface area contributed by atoms with Gasteiger partial charge in [-0.05, 0) is 50.3 Å². The van der Waals surface area contributed by atoms with Crippen LogP contribution in [-0.2, 0) is 19.6 Å². The predicted molar refractivity (Wildman–Crippen MR) is 81.3 cm³/mol. The van der Waals surface area contributed by atoms with E-state index in [1.807, 2.05) is 0 Å². The van der Waals surface area contributed by atoms with Crippen molar-refractivity contribution in [1.82, 2.24) is 9.47 Å². The number of aromatic nitrogens is 1. The standard InChI is InChI=1S/C16H23N3/c1-4-19-9-8-15(13-19)11-17-16-7-5-6-14(10-16)12-18(2)3/h5-10,13,17H,4,11-12H2,1-3H3. The summed E-state index contributed by atoms with van der Waals surface area (Å²) in [6.45, 7) is 5.03. The first-order valence-corrected chi connectivity index (χ1v) is 6.79. The van der Waals surface area contributed by atoms with E-state index in [9.17, 15) is 0 Å². The van der Waals surface area contributed by atoms with Crippen LogP contribution in [0.5, 0.6) is 0 Å². The molecule has 3 nitrogen and oxygen atoms in total. The Bertz CT molecular complexity index is 514. The monoisotopic (exact) mass is 257 g/mol. The normalized spacial score (nSPS) is 10.9. The van der Waals surface area contributed by atoms with Crippen molar-refractivity contribution in [2.24, 2.45) is 0 Å². The second kappa shape index (κ2) is 6.43. The third-order valence-corrected chi connectivity index (χ3v) is 3.10. The first kappa shape index (κ1) is 13.7. The Morgan fingerprint density at radius 1 is 1.16 bits per heavy atom. The molecule has 1 aromatic carbocycles. The number of aryl methyl sites for hydroxylation is 1. The molecule has 1 N–H and O–H groups in total. The maximum atomic E-state index is 3.48. The van der Waals surface area contributed by atoms with Crippen LogP contribution in [0.2, 0.25) is 0 Å². The summed E-state index contributed by atoms with van der Waals surface area (Å²) >= 11 is 0. The number of benzene rings is 1. The van der Waals surface area contributed by atoms with Crippen molar-refractivity contribution in [3.63, 3.8) is 0 Å². The van der Waals surface area contributed by atoms with Crippen LogP contribution in [0.25, 0.3) is 0 Å². The smallest absolute Gasteiger partial charge is 0.0415 e. The van der Waals surface area contributed by atoms with Gasteiger partial charge in [-0.1, -0.05) is 12.1 Å². The average Bonchev–Trinajstić information content (AvgIpc) is 2.84. The lowest BCUT2D eigenvalue weighted by Gasteiger charge is -2.11. The Morgan fingerprint density at radius 2 is 2.00 bits per heavy atom. The first-order chi connectivity index (χ1) is 9.17. The van der Waals surface area contributed by atoms with Gasteiger partial charge in [-0.25, -0.2) is 0 Å². The molecule has 0 aliphatic heterocycles. The molecule has 2 rings (SSSR count). The molecule has 3 heteroatoms. The van der Waals surface area contributed by atoms with Gasteiger partial charge in [-0.2, -0.15) is 0 Å². The Balaban J connectivity index is 1.95. The number of hydrogen-bond acceptors (Lipinski definition) is 2. The summed E-state index contributed by atoms with van der Waals surface area (Å²) in [5.74, 6) is 0. The van der Waals surface area contributed by atoms with Gasteiger partial charge in [0.05, 0.1) is 0 Å². The highest BCUT2D eigenvalue weighted by Crippen LogP contribution is 2.13.